The molecule has 0 bridgehead atoms. The minimum atomic E-state index is -0.787. The number of carbonyl (C=O) groups excluding carboxylic acids is 2. The van der Waals surface area contributed by atoms with Gasteiger partial charge in [0.1, 0.15) is 0 Å². The molecule has 1 amide bonds. The van der Waals surface area contributed by atoms with Crippen molar-refractivity contribution in [1.29, 1.82) is 0 Å². The van der Waals surface area contributed by atoms with Crippen molar-refractivity contribution in [1.82, 2.24) is 9.80 Å². The number of nitrogens with zero attached hydrogens (tertiary/aromatic N) is 2. The zero-order valence-corrected chi connectivity index (χ0v) is 18.2. The van der Waals surface area contributed by atoms with Crippen LogP contribution in [-0.2, 0) is 9.53 Å². The van der Waals surface area contributed by atoms with Crippen molar-refractivity contribution in [2.45, 2.75) is 12.5 Å². The van der Waals surface area contributed by atoms with E-state index in [4.69, 9.17) is 32.4 Å². The molecule has 3 heterocycles. The van der Waals surface area contributed by atoms with Crippen LogP contribution in [0.3, 0.4) is 0 Å². The van der Waals surface area contributed by atoms with E-state index in [2.05, 4.69) is 4.90 Å². The van der Waals surface area contributed by atoms with Gasteiger partial charge in [0.2, 0.25) is 5.78 Å². The summed E-state index contributed by atoms with van der Waals surface area (Å²) < 4.78 is 10.6. The highest BCUT2D eigenvalue weighted by Crippen LogP contribution is 2.40. The van der Waals surface area contributed by atoms with Gasteiger partial charge in [-0.3, -0.25) is 14.5 Å². The smallest absolute Gasteiger partial charge is 0.290 e. The Labute approximate surface area is 189 Å². The number of rotatable bonds is 7. The fourth-order valence-corrected chi connectivity index (χ4v) is 4.28. The number of ketones is 1. The summed E-state index contributed by atoms with van der Waals surface area (Å²) in [6.07, 6.45) is 2.05. The summed E-state index contributed by atoms with van der Waals surface area (Å²) in [5.41, 5.74) is 0.567. The van der Waals surface area contributed by atoms with Crippen molar-refractivity contribution >= 4 is 34.9 Å². The van der Waals surface area contributed by atoms with E-state index in [0.717, 1.165) is 19.6 Å². The number of amides is 1. The highest BCUT2D eigenvalue weighted by Gasteiger charge is 2.44. The second-order valence-electron chi connectivity index (χ2n) is 7.45. The number of carbonyl (C=O) groups is 2. The first-order valence-electron chi connectivity index (χ1n) is 10.0. The molecule has 1 aromatic heterocycles. The number of aliphatic hydroxyl groups excluding tert-OH is 1. The maximum atomic E-state index is 13.1. The third-order valence-corrected chi connectivity index (χ3v) is 6.27. The number of morpholine rings is 1. The van der Waals surface area contributed by atoms with Gasteiger partial charge >= 0.3 is 0 Å². The third-order valence-electron chi connectivity index (χ3n) is 5.53. The Balaban J connectivity index is 1.62. The fourth-order valence-electron chi connectivity index (χ4n) is 3.98. The molecule has 2 aromatic rings. The van der Waals surface area contributed by atoms with Crippen LogP contribution in [0.1, 0.15) is 28.6 Å². The van der Waals surface area contributed by atoms with E-state index in [9.17, 15) is 14.7 Å². The van der Waals surface area contributed by atoms with Gasteiger partial charge in [-0.1, -0.05) is 29.3 Å². The molecule has 1 aromatic carbocycles. The first-order valence-corrected chi connectivity index (χ1v) is 10.8. The Morgan fingerprint density at radius 2 is 1.90 bits per heavy atom. The molecule has 1 atom stereocenters. The number of hydrogen-bond donors (Lipinski definition) is 1. The summed E-state index contributed by atoms with van der Waals surface area (Å²) in [4.78, 5) is 29.8. The number of ether oxygens (including phenoxy) is 1. The minimum Gasteiger partial charge on any atom is -0.503 e. The van der Waals surface area contributed by atoms with E-state index in [-0.39, 0.29) is 11.3 Å². The zero-order chi connectivity index (χ0) is 22.0. The van der Waals surface area contributed by atoms with Crippen LogP contribution in [0, 0.1) is 0 Å². The van der Waals surface area contributed by atoms with Crippen molar-refractivity contribution in [2.75, 3.05) is 39.4 Å². The summed E-state index contributed by atoms with van der Waals surface area (Å²) in [5.74, 6) is -1.64. The van der Waals surface area contributed by atoms with Crippen LogP contribution in [0.4, 0.5) is 0 Å². The van der Waals surface area contributed by atoms with E-state index in [1.807, 2.05) is 0 Å². The Morgan fingerprint density at radius 1 is 1.13 bits per heavy atom. The van der Waals surface area contributed by atoms with Gasteiger partial charge < -0.3 is 19.2 Å². The maximum absolute atomic E-state index is 13.1. The minimum absolute atomic E-state index is 0.0234. The lowest BCUT2D eigenvalue weighted by Crippen LogP contribution is -2.39. The van der Waals surface area contributed by atoms with Crippen LogP contribution in [-0.4, -0.2) is 66.0 Å². The third kappa shape index (κ3) is 4.50. The highest BCUT2D eigenvalue weighted by atomic mass is 35.5. The monoisotopic (exact) mass is 464 g/mol. The van der Waals surface area contributed by atoms with E-state index in [1.165, 1.54) is 17.2 Å². The number of furan rings is 1. The van der Waals surface area contributed by atoms with Crippen LogP contribution >= 0.6 is 23.2 Å². The first-order chi connectivity index (χ1) is 15.0. The second kappa shape index (κ2) is 9.44. The van der Waals surface area contributed by atoms with Gasteiger partial charge in [0.05, 0.1) is 41.1 Å². The van der Waals surface area contributed by atoms with Gasteiger partial charge in [-0.25, -0.2) is 0 Å². The molecule has 2 aliphatic heterocycles. The van der Waals surface area contributed by atoms with E-state index < -0.39 is 23.5 Å². The van der Waals surface area contributed by atoms with Gasteiger partial charge in [-0.15, -0.1) is 0 Å². The molecule has 1 N–H and O–H groups in total. The molecule has 0 spiro atoms. The van der Waals surface area contributed by atoms with Gasteiger partial charge in [-0.2, -0.15) is 0 Å². The largest absolute Gasteiger partial charge is 0.503 e. The van der Waals surface area contributed by atoms with Crippen LogP contribution < -0.4 is 0 Å². The molecule has 0 radical (unpaired) electrons. The van der Waals surface area contributed by atoms with Crippen molar-refractivity contribution in [3.8, 4) is 0 Å². The van der Waals surface area contributed by atoms with Crippen LogP contribution in [0.25, 0.3) is 0 Å². The lowest BCUT2D eigenvalue weighted by atomic mass is 9.95. The molecule has 164 valence electrons. The predicted octanol–water partition coefficient (Wildman–Crippen LogP) is 3.89. The second-order valence-corrected chi connectivity index (χ2v) is 8.27. The molecule has 0 unspecified atom stereocenters. The van der Waals surface area contributed by atoms with Crippen LogP contribution in [0.15, 0.2) is 52.3 Å². The molecule has 1 saturated heterocycles. The number of aliphatic hydroxyl groups is 1. The fraction of sp³-hybridized carbons (Fsp3) is 0.364. The lowest BCUT2D eigenvalue weighted by Gasteiger charge is -2.30. The summed E-state index contributed by atoms with van der Waals surface area (Å²) in [6, 6.07) is 7.22. The number of hydrogen-bond acceptors (Lipinski definition) is 6. The van der Waals surface area contributed by atoms with Gasteiger partial charge in [0.15, 0.2) is 11.5 Å². The van der Waals surface area contributed by atoms with Gasteiger partial charge in [0.25, 0.3) is 5.91 Å². The van der Waals surface area contributed by atoms with E-state index in [1.54, 1.807) is 24.3 Å². The lowest BCUT2D eigenvalue weighted by molar-refractivity contribution is -0.129. The average Bonchev–Trinajstić information content (AvgIpc) is 3.39. The Bertz CT molecular complexity index is 999. The van der Waals surface area contributed by atoms with Crippen molar-refractivity contribution in [3.63, 3.8) is 0 Å². The van der Waals surface area contributed by atoms with Gasteiger partial charge in [0, 0.05) is 26.2 Å². The number of Topliss-reactive ketones (excluding diaryl/α,β-unsaturated/α-hetero) is 1. The normalized spacial score (nSPS) is 20.0. The summed E-state index contributed by atoms with van der Waals surface area (Å²) in [6.45, 7) is 4.21. The summed E-state index contributed by atoms with van der Waals surface area (Å²) >= 11 is 12.3. The molecule has 4 rings (SSSR count). The van der Waals surface area contributed by atoms with Crippen molar-refractivity contribution in [3.05, 3.63) is 69.3 Å². The Kier molecular flexibility index (Phi) is 6.67. The van der Waals surface area contributed by atoms with Gasteiger partial charge in [-0.05, 0) is 36.2 Å². The summed E-state index contributed by atoms with van der Waals surface area (Å²) in [5, 5.41) is 11.3. The first kappa shape index (κ1) is 21.9. The number of benzene rings is 1. The molecule has 0 aliphatic carbocycles. The van der Waals surface area contributed by atoms with E-state index >= 15 is 0 Å². The van der Waals surface area contributed by atoms with E-state index in [0.29, 0.717) is 41.8 Å². The Hall–Kier alpha value is -2.32. The van der Waals surface area contributed by atoms with Crippen molar-refractivity contribution < 1.29 is 23.8 Å². The standard InChI is InChI=1S/C22H22Cl2N2O5/c23-15-5-4-14(13-16(15)24)19-18(20(27)17-3-1-10-31-17)21(28)22(29)26(19)7-2-6-25-8-11-30-12-9-25/h1,3-5,10,13,19,28H,2,6-9,11-12H2/t19-/m1/s1. The number of halogens is 2. The molecule has 7 nitrogen and oxygen atoms in total. The Morgan fingerprint density at radius 3 is 2.58 bits per heavy atom. The quantitative estimate of drug-likeness (QED) is 0.625. The topological polar surface area (TPSA) is 83.2 Å². The molecular weight excluding hydrogens is 443 g/mol. The molecule has 31 heavy (non-hydrogen) atoms. The molecule has 9 heteroatoms. The average molecular weight is 465 g/mol. The molecule has 1 fully saturated rings. The van der Waals surface area contributed by atoms with Crippen LogP contribution in [0.2, 0.25) is 10.0 Å². The van der Waals surface area contributed by atoms with Crippen molar-refractivity contribution in [2.24, 2.45) is 0 Å². The summed E-state index contributed by atoms with van der Waals surface area (Å²) in [7, 11) is 0. The molecule has 0 saturated carbocycles. The molecular formula is C22H22Cl2N2O5. The zero-order valence-electron chi connectivity index (χ0n) is 16.7. The van der Waals surface area contributed by atoms with Crippen LogP contribution in [0.5, 0.6) is 0 Å². The maximum Gasteiger partial charge on any atom is 0.290 e. The molecule has 2 aliphatic rings. The predicted molar refractivity (Wildman–Crippen MR) is 115 cm³/mol. The SMILES string of the molecule is O=C(C1=C(O)C(=O)N(CCCN2CCOCC2)[C@@H]1c1ccc(Cl)c(Cl)c1)c1ccco1. The highest BCUT2D eigenvalue weighted by molar-refractivity contribution is 6.42.